The van der Waals surface area contributed by atoms with Gasteiger partial charge in [-0.25, -0.2) is 0 Å². The highest BCUT2D eigenvalue weighted by molar-refractivity contribution is 5.97. The second-order valence-electron chi connectivity index (χ2n) is 3.51. The lowest BCUT2D eigenvalue weighted by molar-refractivity contribution is 0.101. The molecule has 0 aliphatic heterocycles. The van der Waals surface area contributed by atoms with E-state index in [0.29, 0.717) is 30.2 Å². The van der Waals surface area contributed by atoms with Gasteiger partial charge in [-0.15, -0.1) is 0 Å². The Labute approximate surface area is 95.3 Å². The minimum absolute atomic E-state index is 0.0472. The Morgan fingerprint density at radius 3 is 2.75 bits per heavy atom. The van der Waals surface area contributed by atoms with Crippen molar-refractivity contribution in [3.63, 3.8) is 0 Å². The number of hydrogen-bond acceptors (Lipinski definition) is 4. The molecule has 0 saturated carbocycles. The van der Waals surface area contributed by atoms with Crippen molar-refractivity contribution in [1.29, 1.82) is 0 Å². The van der Waals surface area contributed by atoms with Gasteiger partial charge in [0.05, 0.1) is 12.2 Å². The van der Waals surface area contributed by atoms with Crippen molar-refractivity contribution >= 4 is 11.5 Å². The normalized spacial score (nSPS) is 10.1. The highest BCUT2D eigenvalue weighted by atomic mass is 16.5. The summed E-state index contributed by atoms with van der Waals surface area (Å²) in [4.78, 5) is 11.3. The van der Waals surface area contributed by atoms with Crippen LogP contribution in [0.5, 0.6) is 5.75 Å². The van der Waals surface area contributed by atoms with Crippen LogP contribution in [0.15, 0.2) is 18.2 Å². The number of methoxy groups -OCH3 is 1. The molecule has 88 valence electrons. The standard InChI is InChI=1S/C12H17NO3/c1-9(14)11-8-10(13)4-5-12(11)16-7-3-6-15-2/h4-5,8H,3,6-7,13H2,1-2H3. The molecule has 4 heteroatoms. The summed E-state index contributed by atoms with van der Waals surface area (Å²) in [5, 5.41) is 0. The van der Waals surface area contributed by atoms with E-state index in [1.54, 1.807) is 25.3 Å². The number of nitrogens with two attached hydrogens (primary N) is 1. The lowest BCUT2D eigenvalue weighted by Crippen LogP contribution is -2.05. The largest absolute Gasteiger partial charge is 0.493 e. The third-order valence-corrected chi connectivity index (χ3v) is 2.13. The van der Waals surface area contributed by atoms with E-state index in [4.69, 9.17) is 15.2 Å². The van der Waals surface area contributed by atoms with Crippen LogP contribution in [0.25, 0.3) is 0 Å². The Kier molecular flexibility index (Phi) is 4.79. The van der Waals surface area contributed by atoms with E-state index < -0.39 is 0 Å². The van der Waals surface area contributed by atoms with Crippen molar-refractivity contribution in [1.82, 2.24) is 0 Å². The number of rotatable bonds is 6. The lowest BCUT2D eigenvalue weighted by atomic mass is 10.1. The SMILES string of the molecule is COCCCOc1ccc(N)cc1C(C)=O. The molecule has 0 unspecified atom stereocenters. The van der Waals surface area contributed by atoms with Gasteiger partial charge in [-0.1, -0.05) is 0 Å². The van der Waals surface area contributed by atoms with Gasteiger partial charge in [0.25, 0.3) is 0 Å². The zero-order valence-electron chi connectivity index (χ0n) is 9.66. The number of hydrogen-bond donors (Lipinski definition) is 1. The van der Waals surface area contributed by atoms with Crippen molar-refractivity contribution in [2.75, 3.05) is 26.1 Å². The Hall–Kier alpha value is -1.55. The summed E-state index contributed by atoms with van der Waals surface area (Å²) in [6.45, 7) is 2.67. The Morgan fingerprint density at radius 1 is 1.38 bits per heavy atom. The van der Waals surface area contributed by atoms with Crippen LogP contribution in [-0.4, -0.2) is 26.1 Å². The molecule has 0 amide bonds. The molecule has 1 rings (SSSR count). The molecule has 0 saturated heterocycles. The van der Waals surface area contributed by atoms with Gasteiger partial charge in [0.2, 0.25) is 0 Å². The average molecular weight is 223 g/mol. The fourth-order valence-electron chi connectivity index (χ4n) is 1.33. The fraction of sp³-hybridized carbons (Fsp3) is 0.417. The van der Waals surface area contributed by atoms with Crippen molar-refractivity contribution in [2.45, 2.75) is 13.3 Å². The van der Waals surface area contributed by atoms with E-state index >= 15 is 0 Å². The molecule has 0 aliphatic rings. The average Bonchev–Trinajstić information content (AvgIpc) is 2.26. The number of Topliss-reactive ketones (excluding diaryl/α,β-unsaturated/α-hetero) is 1. The minimum Gasteiger partial charge on any atom is -0.493 e. The number of carbonyl (C=O) groups excluding carboxylic acids is 1. The summed E-state index contributed by atoms with van der Waals surface area (Å²) in [5.41, 5.74) is 6.70. The maximum Gasteiger partial charge on any atom is 0.163 e. The van der Waals surface area contributed by atoms with Crippen molar-refractivity contribution < 1.29 is 14.3 Å². The molecule has 4 nitrogen and oxygen atoms in total. The first-order chi connectivity index (χ1) is 7.65. The molecule has 0 radical (unpaired) electrons. The molecule has 0 aromatic heterocycles. The number of ether oxygens (including phenoxy) is 2. The summed E-state index contributed by atoms with van der Waals surface area (Å²) in [6.07, 6.45) is 0.790. The van der Waals surface area contributed by atoms with E-state index in [-0.39, 0.29) is 5.78 Å². The zero-order valence-corrected chi connectivity index (χ0v) is 9.66. The molecular weight excluding hydrogens is 206 g/mol. The summed E-state index contributed by atoms with van der Waals surface area (Å²) >= 11 is 0. The molecule has 16 heavy (non-hydrogen) atoms. The van der Waals surface area contributed by atoms with Crippen molar-refractivity contribution in [3.8, 4) is 5.75 Å². The first kappa shape index (κ1) is 12.5. The highest BCUT2D eigenvalue weighted by Crippen LogP contribution is 2.22. The topological polar surface area (TPSA) is 61.6 Å². The smallest absolute Gasteiger partial charge is 0.163 e. The van der Waals surface area contributed by atoms with Crippen molar-refractivity contribution in [2.24, 2.45) is 0 Å². The lowest BCUT2D eigenvalue weighted by Gasteiger charge is -2.10. The first-order valence-electron chi connectivity index (χ1n) is 5.17. The van der Waals surface area contributed by atoms with Crippen LogP contribution in [0.2, 0.25) is 0 Å². The summed E-state index contributed by atoms with van der Waals surface area (Å²) in [5.74, 6) is 0.534. The molecule has 0 heterocycles. The van der Waals surface area contributed by atoms with Crippen LogP contribution >= 0.6 is 0 Å². The summed E-state index contributed by atoms with van der Waals surface area (Å²) in [6, 6.07) is 5.07. The monoisotopic (exact) mass is 223 g/mol. The van der Waals surface area contributed by atoms with Crippen LogP contribution in [0.3, 0.4) is 0 Å². The van der Waals surface area contributed by atoms with E-state index in [0.717, 1.165) is 6.42 Å². The number of anilines is 1. The first-order valence-corrected chi connectivity index (χ1v) is 5.17. The molecule has 0 aliphatic carbocycles. The summed E-state index contributed by atoms with van der Waals surface area (Å²) in [7, 11) is 1.64. The quantitative estimate of drug-likeness (QED) is 0.454. The van der Waals surface area contributed by atoms with Gasteiger partial charge in [0.15, 0.2) is 5.78 Å². The molecule has 0 atom stereocenters. The van der Waals surface area contributed by atoms with E-state index in [2.05, 4.69) is 0 Å². The number of carbonyl (C=O) groups is 1. The second-order valence-corrected chi connectivity index (χ2v) is 3.51. The van der Waals surface area contributed by atoms with Crippen LogP contribution in [-0.2, 0) is 4.74 Å². The van der Waals surface area contributed by atoms with Crippen LogP contribution in [0, 0.1) is 0 Å². The predicted molar refractivity (Wildman–Crippen MR) is 62.8 cm³/mol. The molecule has 1 aromatic carbocycles. The Balaban J connectivity index is 2.67. The number of ketones is 1. The fourth-order valence-corrected chi connectivity index (χ4v) is 1.33. The maximum atomic E-state index is 11.3. The van der Waals surface area contributed by atoms with Crippen LogP contribution in [0.1, 0.15) is 23.7 Å². The molecule has 0 spiro atoms. The minimum atomic E-state index is -0.0472. The summed E-state index contributed by atoms with van der Waals surface area (Å²) < 4.78 is 10.4. The maximum absolute atomic E-state index is 11.3. The van der Waals surface area contributed by atoms with Gasteiger partial charge in [0, 0.05) is 25.8 Å². The molecular formula is C12H17NO3. The highest BCUT2D eigenvalue weighted by Gasteiger charge is 2.08. The van der Waals surface area contributed by atoms with Crippen LogP contribution in [0.4, 0.5) is 5.69 Å². The third-order valence-electron chi connectivity index (χ3n) is 2.13. The van der Waals surface area contributed by atoms with Gasteiger partial charge in [-0.3, -0.25) is 4.79 Å². The van der Waals surface area contributed by atoms with E-state index in [9.17, 15) is 4.79 Å². The zero-order chi connectivity index (χ0) is 12.0. The predicted octanol–water partition coefficient (Wildman–Crippen LogP) is 1.89. The molecule has 0 bridgehead atoms. The number of nitrogen functional groups attached to an aromatic ring is 1. The molecule has 2 N–H and O–H groups in total. The third kappa shape index (κ3) is 3.55. The Bertz CT molecular complexity index is 363. The molecule has 1 aromatic rings. The van der Waals surface area contributed by atoms with Crippen LogP contribution < -0.4 is 10.5 Å². The van der Waals surface area contributed by atoms with Gasteiger partial charge in [0.1, 0.15) is 5.75 Å². The van der Waals surface area contributed by atoms with Gasteiger partial charge >= 0.3 is 0 Å². The second kappa shape index (κ2) is 6.12. The molecule has 0 fully saturated rings. The van der Waals surface area contributed by atoms with Crippen molar-refractivity contribution in [3.05, 3.63) is 23.8 Å². The van der Waals surface area contributed by atoms with Gasteiger partial charge in [-0.2, -0.15) is 0 Å². The van der Waals surface area contributed by atoms with E-state index in [1.807, 2.05) is 0 Å². The van der Waals surface area contributed by atoms with Gasteiger partial charge < -0.3 is 15.2 Å². The van der Waals surface area contributed by atoms with E-state index in [1.165, 1.54) is 6.92 Å². The number of benzene rings is 1. The Morgan fingerprint density at radius 2 is 2.12 bits per heavy atom. The van der Waals surface area contributed by atoms with Gasteiger partial charge in [-0.05, 0) is 25.1 Å².